The first kappa shape index (κ1) is 14.6. The molecule has 2 N–H and O–H groups in total. The average molecular weight is 290 g/mol. The molecule has 0 aliphatic rings. The summed E-state index contributed by atoms with van der Waals surface area (Å²) in [6, 6.07) is 15.4. The number of carbonyl (C=O) groups is 1. The lowest BCUT2D eigenvalue weighted by molar-refractivity contribution is 0.0852. The van der Waals surface area contributed by atoms with Gasteiger partial charge in [0.15, 0.2) is 0 Å². The molecule has 4 heteroatoms. The fourth-order valence-corrected chi connectivity index (χ4v) is 2.03. The Morgan fingerprint density at radius 1 is 1.10 bits per heavy atom. The first-order valence-corrected chi connectivity index (χ1v) is 6.75. The molecule has 20 heavy (non-hydrogen) atoms. The normalized spacial score (nSPS) is 13.6. The summed E-state index contributed by atoms with van der Waals surface area (Å²) in [7, 11) is 0. The summed E-state index contributed by atoms with van der Waals surface area (Å²) >= 11 is 5.81. The Hall–Kier alpha value is -1.84. The van der Waals surface area contributed by atoms with E-state index >= 15 is 0 Å². The Bertz CT molecular complexity index is 569. The molecule has 0 saturated heterocycles. The third kappa shape index (κ3) is 3.59. The zero-order valence-electron chi connectivity index (χ0n) is 11.1. The van der Waals surface area contributed by atoms with Gasteiger partial charge in [-0.25, -0.2) is 0 Å². The van der Waals surface area contributed by atoms with Crippen LogP contribution in [0.25, 0.3) is 0 Å². The van der Waals surface area contributed by atoms with Gasteiger partial charge in [-0.3, -0.25) is 4.79 Å². The lowest BCUT2D eigenvalue weighted by Crippen LogP contribution is -2.37. The van der Waals surface area contributed by atoms with Crippen LogP contribution in [0.2, 0.25) is 5.02 Å². The van der Waals surface area contributed by atoms with Crippen molar-refractivity contribution in [2.75, 3.05) is 0 Å². The van der Waals surface area contributed by atoms with Crippen molar-refractivity contribution in [3.05, 3.63) is 70.7 Å². The molecule has 2 atom stereocenters. The third-order valence-corrected chi connectivity index (χ3v) is 3.33. The van der Waals surface area contributed by atoms with Gasteiger partial charge in [0.1, 0.15) is 0 Å². The lowest BCUT2D eigenvalue weighted by atomic mass is 10.0. The Kier molecular flexibility index (Phi) is 4.77. The monoisotopic (exact) mass is 289 g/mol. The molecule has 0 heterocycles. The second-order valence-electron chi connectivity index (χ2n) is 4.62. The molecule has 3 nitrogen and oxygen atoms in total. The maximum Gasteiger partial charge on any atom is 0.251 e. The summed E-state index contributed by atoms with van der Waals surface area (Å²) < 4.78 is 0. The molecule has 0 bridgehead atoms. The van der Waals surface area contributed by atoms with Gasteiger partial charge in [0, 0.05) is 10.6 Å². The van der Waals surface area contributed by atoms with E-state index < -0.39 is 12.1 Å². The zero-order valence-corrected chi connectivity index (χ0v) is 11.8. The lowest BCUT2D eigenvalue weighted by Gasteiger charge is -2.20. The van der Waals surface area contributed by atoms with Gasteiger partial charge in [-0.15, -0.1) is 0 Å². The van der Waals surface area contributed by atoms with Crippen molar-refractivity contribution in [1.29, 1.82) is 0 Å². The molecule has 0 aliphatic carbocycles. The van der Waals surface area contributed by atoms with Crippen molar-refractivity contribution in [2.45, 2.75) is 19.1 Å². The molecular weight excluding hydrogens is 274 g/mol. The predicted molar refractivity (Wildman–Crippen MR) is 79.8 cm³/mol. The van der Waals surface area contributed by atoms with Gasteiger partial charge >= 0.3 is 0 Å². The number of hydrogen-bond acceptors (Lipinski definition) is 2. The van der Waals surface area contributed by atoms with Gasteiger partial charge in [0.05, 0.1) is 12.1 Å². The number of aliphatic hydroxyl groups excluding tert-OH is 1. The molecule has 2 aromatic carbocycles. The Balaban J connectivity index is 2.02. The fourth-order valence-electron chi connectivity index (χ4n) is 1.91. The number of rotatable bonds is 4. The highest BCUT2D eigenvalue weighted by atomic mass is 35.5. The van der Waals surface area contributed by atoms with E-state index in [4.69, 9.17) is 11.6 Å². The molecule has 0 radical (unpaired) electrons. The van der Waals surface area contributed by atoms with Crippen LogP contribution in [0, 0.1) is 0 Å². The maximum atomic E-state index is 12.0. The molecule has 0 aromatic heterocycles. The van der Waals surface area contributed by atoms with Crippen LogP contribution in [-0.2, 0) is 0 Å². The molecule has 2 unspecified atom stereocenters. The highest BCUT2D eigenvalue weighted by molar-refractivity contribution is 6.30. The van der Waals surface area contributed by atoms with Gasteiger partial charge in [-0.2, -0.15) is 0 Å². The van der Waals surface area contributed by atoms with E-state index in [1.54, 1.807) is 55.5 Å². The molecule has 0 aliphatic heterocycles. The van der Waals surface area contributed by atoms with Crippen LogP contribution >= 0.6 is 11.6 Å². The number of halogens is 1. The van der Waals surface area contributed by atoms with Crippen LogP contribution < -0.4 is 5.32 Å². The second kappa shape index (κ2) is 6.55. The first-order valence-electron chi connectivity index (χ1n) is 6.37. The Morgan fingerprint density at radius 3 is 2.30 bits per heavy atom. The molecular formula is C16H16ClNO2. The molecule has 2 rings (SSSR count). The zero-order chi connectivity index (χ0) is 14.5. The van der Waals surface area contributed by atoms with E-state index in [0.29, 0.717) is 10.6 Å². The first-order chi connectivity index (χ1) is 9.58. The minimum absolute atomic E-state index is 0.203. The fraction of sp³-hybridized carbons (Fsp3) is 0.188. The molecule has 1 amide bonds. The summed E-state index contributed by atoms with van der Waals surface area (Å²) in [6.45, 7) is 1.76. The van der Waals surface area contributed by atoms with Crippen molar-refractivity contribution in [3.63, 3.8) is 0 Å². The van der Waals surface area contributed by atoms with Gasteiger partial charge in [-0.1, -0.05) is 41.9 Å². The maximum absolute atomic E-state index is 12.0. The number of aliphatic hydroxyl groups is 1. The van der Waals surface area contributed by atoms with E-state index in [2.05, 4.69) is 5.32 Å². The highest BCUT2D eigenvalue weighted by Crippen LogP contribution is 2.19. The topological polar surface area (TPSA) is 49.3 Å². The van der Waals surface area contributed by atoms with Crippen LogP contribution in [0.3, 0.4) is 0 Å². The van der Waals surface area contributed by atoms with Crippen molar-refractivity contribution in [1.82, 2.24) is 5.32 Å². The number of hydrogen-bond donors (Lipinski definition) is 2. The summed E-state index contributed by atoms with van der Waals surface area (Å²) in [4.78, 5) is 12.0. The SMILES string of the molecule is CC(NC(=O)c1ccccc1)C(O)c1ccc(Cl)cc1. The number of nitrogens with one attached hydrogen (secondary N) is 1. The Morgan fingerprint density at radius 2 is 1.70 bits per heavy atom. The Labute approximate surface area is 123 Å². The summed E-state index contributed by atoms with van der Waals surface area (Å²) in [5, 5.41) is 13.6. The van der Waals surface area contributed by atoms with Gasteiger partial charge in [0.25, 0.3) is 5.91 Å². The van der Waals surface area contributed by atoms with E-state index in [0.717, 1.165) is 5.56 Å². The minimum atomic E-state index is -0.778. The number of amides is 1. The van der Waals surface area contributed by atoms with Gasteiger partial charge < -0.3 is 10.4 Å². The quantitative estimate of drug-likeness (QED) is 0.908. The predicted octanol–water partition coefficient (Wildman–Crippen LogP) is 3.19. The molecule has 104 valence electrons. The van der Waals surface area contributed by atoms with Crippen molar-refractivity contribution in [2.24, 2.45) is 0 Å². The molecule has 0 saturated carbocycles. The van der Waals surface area contributed by atoms with Crippen LogP contribution in [0.5, 0.6) is 0 Å². The average Bonchev–Trinajstić information content (AvgIpc) is 2.48. The third-order valence-electron chi connectivity index (χ3n) is 3.08. The van der Waals surface area contributed by atoms with Gasteiger partial charge in [0.2, 0.25) is 0 Å². The molecule has 2 aromatic rings. The van der Waals surface area contributed by atoms with E-state index in [1.807, 2.05) is 6.07 Å². The van der Waals surface area contributed by atoms with Crippen LogP contribution in [-0.4, -0.2) is 17.1 Å². The smallest absolute Gasteiger partial charge is 0.251 e. The summed E-state index contributed by atoms with van der Waals surface area (Å²) in [5.41, 5.74) is 1.29. The van der Waals surface area contributed by atoms with Crippen molar-refractivity contribution >= 4 is 17.5 Å². The number of benzene rings is 2. The van der Waals surface area contributed by atoms with Crippen LogP contribution in [0.1, 0.15) is 28.9 Å². The van der Waals surface area contributed by atoms with Crippen LogP contribution in [0.4, 0.5) is 0 Å². The molecule has 0 fully saturated rings. The molecule has 0 spiro atoms. The minimum Gasteiger partial charge on any atom is -0.386 e. The van der Waals surface area contributed by atoms with E-state index in [-0.39, 0.29) is 5.91 Å². The van der Waals surface area contributed by atoms with E-state index in [9.17, 15) is 9.90 Å². The van der Waals surface area contributed by atoms with Crippen LogP contribution in [0.15, 0.2) is 54.6 Å². The standard InChI is InChI=1S/C16H16ClNO2/c1-11(15(19)12-7-9-14(17)10-8-12)18-16(20)13-5-3-2-4-6-13/h2-11,15,19H,1H3,(H,18,20). The number of carbonyl (C=O) groups excluding carboxylic acids is 1. The van der Waals surface area contributed by atoms with Crippen molar-refractivity contribution in [3.8, 4) is 0 Å². The highest BCUT2D eigenvalue weighted by Gasteiger charge is 2.18. The second-order valence-corrected chi connectivity index (χ2v) is 5.06. The van der Waals surface area contributed by atoms with E-state index in [1.165, 1.54) is 0 Å². The summed E-state index contributed by atoms with van der Waals surface area (Å²) in [6.07, 6.45) is -0.778. The largest absolute Gasteiger partial charge is 0.386 e. The van der Waals surface area contributed by atoms with Crippen molar-refractivity contribution < 1.29 is 9.90 Å². The summed E-state index contributed by atoms with van der Waals surface area (Å²) in [5.74, 6) is -0.203. The van der Waals surface area contributed by atoms with Gasteiger partial charge in [-0.05, 0) is 36.8 Å².